The second-order valence-corrected chi connectivity index (χ2v) is 7.91. The number of aryl methyl sites for hydroxylation is 1. The highest BCUT2D eigenvalue weighted by Gasteiger charge is 2.29. The summed E-state index contributed by atoms with van der Waals surface area (Å²) >= 11 is 0. The van der Waals surface area contributed by atoms with Gasteiger partial charge >= 0.3 is 0 Å². The molecule has 0 unspecified atom stereocenters. The zero-order valence-corrected chi connectivity index (χ0v) is 17.5. The Morgan fingerprint density at radius 1 is 0.938 bits per heavy atom. The second kappa shape index (κ2) is 8.07. The number of benzene rings is 3. The van der Waals surface area contributed by atoms with Gasteiger partial charge in [-0.15, -0.1) is 0 Å². The van der Waals surface area contributed by atoms with Gasteiger partial charge in [0.15, 0.2) is 5.75 Å². The van der Waals surface area contributed by atoms with Crippen LogP contribution in [0.25, 0.3) is 0 Å². The minimum atomic E-state index is -0.844. The van der Waals surface area contributed by atoms with Gasteiger partial charge < -0.3 is 14.5 Å². The summed E-state index contributed by atoms with van der Waals surface area (Å²) in [6.07, 6.45) is 0. The van der Waals surface area contributed by atoms with Crippen molar-refractivity contribution in [3.05, 3.63) is 89.0 Å². The maximum absolute atomic E-state index is 14.1. The lowest BCUT2D eigenvalue weighted by Crippen LogP contribution is -2.51. The van der Waals surface area contributed by atoms with E-state index in [0.717, 1.165) is 40.5 Å². The van der Waals surface area contributed by atoms with Crippen LogP contribution in [0.3, 0.4) is 0 Å². The Morgan fingerprint density at radius 2 is 1.72 bits per heavy atom. The topological polar surface area (TPSA) is 45.1 Å². The van der Waals surface area contributed by atoms with Crippen molar-refractivity contribution in [1.29, 1.82) is 0 Å². The van der Waals surface area contributed by atoms with Gasteiger partial charge in [0.2, 0.25) is 0 Å². The van der Waals surface area contributed by atoms with Crippen molar-refractivity contribution in [2.45, 2.75) is 6.92 Å². The predicted molar refractivity (Wildman–Crippen MR) is 118 cm³/mol. The van der Waals surface area contributed by atoms with Gasteiger partial charge in [-0.05, 0) is 43.3 Å². The number of carbonyl (C=O) groups is 1. The number of piperazine rings is 1. The van der Waals surface area contributed by atoms with Crippen molar-refractivity contribution < 1.29 is 18.3 Å². The predicted octanol–water partition coefficient (Wildman–Crippen LogP) is 4.92. The van der Waals surface area contributed by atoms with E-state index in [9.17, 15) is 13.6 Å². The molecule has 0 bridgehead atoms. The van der Waals surface area contributed by atoms with Gasteiger partial charge in [0.05, 0.1) is 11.1 Å². The Bertz CT molecular complexity index is 1230. The van der Waals surface area contributed by atoms with Crippen LogP contribution in [0.15, 0.2) is 65.7 Å². The van der Waals surface area contributed by atoms with Crippen LogP contribution in [0.1, 0.15) is 21.5 Å². The Kier molecular flexibility index (Phi) is 5.09. The van der Waals surface area contributed by atoms with Crippen LogP contribution in [-0.2, 0) is 0 Å². The molecule has 0 atom stereocenters. The van der Waals surface area contributed by atoms with E-state index in [1.165, 1.54) is 6.07 Å². The second-order valence-electron chi connectivity index (χ2n) is 7.91. The van der Waals surface area contributed by atoms with E-state index in [4.69, 9.17) is 9.73 Å². The number of amidine groups is 1. The number of fused-ring (bicyclic) bond motifs is 2. The lowest BCUT2D eigenvalue weighted by molar-refractivity contribution is 0.0687. The van der Waals surface area contributed by atoms with E-state index in [1.807, 2.05) is 49.4 Å². The maximum atomic E-state index is 14.1. The molecule has 32 heavy (non-hydrogen) atoms. The van der Waals surface area contributed by atoms with Crippen LogP contribution in [0.4, 0.5) is 14.5 Å². The summed E-state index contributed by atoms with van der Waals surface area (Å²) in [6.45, 7) is 3.88. The van der Waals surface area contributed by atoms with Gasteiger partial charge in [-0.1, -0.05) is 23.8 Å². The number of nitrogens with zero attached hydrogens (tertiary/aromatic N) is 3. The van der Waals surface area contributed by atoms with Crippen LogP contribution in [0.2, 0.25) is 0 Å². The molecule has 0 aromatic heterocycles. The summed E-state index contributed by atoms with van der Waals surface area (Å²) in [7, 11) is 0. The van der Waals surface area contributed by atoms with Crippen LogP contribution in [0, 0.1) is 18.6 Å². The molecule has 2 aliphatic rings. The summed E-state index contributed by atoms with van der Waals surface area (Å²) in [5.74, 6) is 0.221. The van der Waals surface area contributed by atoms with Crippen LogP contribution in [-0.4, -0.2) is 47.7 Å². The van der Waals surface area contributed by atoms with Gasteiger partial charge in [-0.3, -0.25) is 4.79 Å². The number of ether oxygens (including phenoxy) is 1. The van der Waals surface area contributed by atoms with E-state index in [2.05, 4.69) is 4.90 Å². The first-order valence-electron chi connectivity index (χ1n) is 10.5. The highest BCUT2D eigenvalue weighted by molar-refractivity contribution is 6.04. The molecule has 2 aliphatic heterocycles. The molecule has 1 saturated heterocycles. The molecule has 5 rings (SSSR count). The fraction of sp³-hybridized carbons (Fsp3) is 0.200. The summed E-state index contributed by atoms with van der Waals surface area (Å²) in [5, 5.41) is 0. The van der Waals surface area contributed by atoms with Crippen LogP contribution < -0.4 is 4.74 Å². The van der Waals surface area contributed by atoms with E-state index in [0.29, 0.717) is 31.9 Å². The Morgan fingerprint density at radius 3 is 2.50 bits per heavy atom. The number of para-hydroxylation sites is 2. The van der Waals surface area contributed by atoms with Crippen molar-refractivity contribution in [2.24, 2.45) is 4.99 Å². The fourth-order valence-corrected chi connectivity index (χ4v) is 4.03. The lowest BCUT2D eigenvalue weighted by Gasteiger charge is -2.36. The van der Waals surface area contributed by atoms with Gasteiger partial charge in [-0.2, -0.15) is 0 Å². The fourth-order valence-electron chi connectivity index (χ4n) is 4.03. The molecular formula is C25H21F2N3O2. The van der Waals surface area contributed by atoms with Crippen molar-refractivity contribution in [3.8, 4) is 11.5 Å². The van der Waals surface area contributed by atoms with Crippen molar-refractivity contribution in [1.82, 2.24) is 9.80 Å². The Hall–Kier alpha value is -3.74. The van der Waals surface area contributed by atoms with Gasteiger partial charge in [0.1, 0.15) is 28.9 Å². The van der Waals surface area contributed by atoms with Crippen molar-refractivity contribution >= 4 is 17.4 Å². The quantitative estimate of drug-likeness (QED) is 0.548. The third-order valence-corrected chi connectivity index (χ3v) is 5.72. The average molecular weight is 433 g/mol. The molecule has 0 spiro atoms. The molecular weight excluding hydrogens is 412 g/mol. The monoisotopic (exact) mass is 433 g/mol. The van der Waals surface area contributed by atoms with Gasteiger partial charge in [0, 0.05) is 32.2 Å². The molecule has 7 heteroatoms. The zero-order valence-electron chi connectivity index (χ0n) is 17.5. The first kappa shape index (κ1) is 20.2. The highest BCUT2D eigenvalue weighted by Crippen LogP contribution is 2.38. The molecule has 0 saturated carbocycles. The first-order chi connectivity index (χ1) is 15.5. The lowest BCUT2D eigenvalue weighted by atomic mass is 10.1. The molecule has 5 nitrogen and oxygen atoms in total. The molecule has 162 valence electrons. The SMILES string of the molecule is Cc1ccc2c(c1)C(N1CCN(C(=O)c3ccc(F)cc3F)CC1)=Nc1ccccc1O2. The van der Waals surface area contributed by atoms with Crippen LogP contribution in [0.5, 0.6) is 11.5 Å². The zero-order chi connectivity index (χ0) is 22.2. The highest BCUT2D eigenvalue weighted by atomic mass is 19.1. The van der Waals surface area contributed by atoms with E-state index in [-0.39, 0.29) is 5.56 Å². The molecule has 3 aromatic carbocycles. The Balaban J connectivity index is 1.42. The molecule has 0 N–H and O–H groups in total. The van der Waals surface area contributed by atoms with Gasteiger partial charge in [0.25, 0.3) is 5.91 Å². The normalized spacial score (nSPS) is 15.3. The minimum absolute atomic E-state index is 0.116. The summed E-state index contributed by atoms with van der Waals surface area (Å²) in [6, 6.07) is 16.6. The van der Waals surface area contributed by atoms with Crippen LogP contribution >= 0.6 is 0 Å². The summed E-state index contributed by atoms with van der Waals surface area (Å²) in [4.78, 5) is 21.4. The van der Waals surface area contributed by atoms with E-state index < -0.39 is 17.5 Å². The maximum Gasteiger partial charge on any atom is 0.256 e. The number of hydrogen-bond donors (Lipinski definition) is 0. The van der Waals surface area contributed by atoms with Crippen molar-refractivity contribution in [2.75, 3.05) is 26.2 Å². The molecule has 0 radical (unpaired) electrons. The molecule has 1 fully saturated rings. The van der Waals surface area contributed by atoms with Gasteiger partial charge in [-0.25, -0.2) is 13.8 Å². The number of carbonyl (C=O) groups excluding carboxylic acids is 1. The molecule has 1 amide bonds. The summed E-state index contributed by atoms with van der Waals surface area (Å²) < 4.78 is 33.4. The van der Waals surface area contributed by atoms with Crippen molar-refractivity contribution in [3.63, 3.8) is 0 Å². The largest absolute Gasteiger partial charge is 0.454 e. The smallest absolute Gasteiger partial charge is 0.256 e. The third kappa shape index (κ3) is 3.70. The van der Waals surface area contributed by atoms with E-state index >= 15 is 0 Å². The molecule has 2 heterocycles. The standard InChI is InChI=1S/C25H21F2N3O2/c1-16-6-9-22-19(14-16)24(28-21-4-2-3-5-23(21)32-22)29-10-12-30(13-11-29)25(31)18-8-7-17(26)15-20(18)27/h2-9,14-15H,10-13H2,1H3. The first-order valence-corrected chi connectivity index (χ1v) is 10.5. The number of aliphatic imine (C=N–C) groups is 1. The number of hydrogen-bond acceptors (Lipinski definition) is 4. The third-order valence-electron chi connectivity index (χ3n) is 5.72. The average Bonchev–Trinajstić information content (AvgIpc) is 2.95. The Labute approximate surface area is 184 Å². The summed E-state index contributed by atoms with van der Waals surface area (Å²) in [5.41, 5.74) is 2.61. The number of halogens is 2. The minimum Gasteiger partial charge on any atom is -0.454 e. The number of rotatable bonds is 1. The molecule has 3 aromatic rings. The molecule has 0 aliphatic carbocycles. The van der Waals surface area contributed by atoms with E-state index in [1.54, 1.807) is 4.90 Å². The number of amides is 1.